The molecular formula is C13H12ClNO. The summed E-state index contributed by atoms with van der Waals surface area (Å²) < 4.78 is 0. The molecule has 0 aliphatic rings. The van der Waals surface area contributed by atoms with Crippen molar-refractivity contribution in [3.05, 3.63) is 64.4 Å². The first-order valence-corrected chi connectivity index (χ1v) is 5.42. The first kappa shape index (κ1) is 11.1. The van der Waals surface area contributed by atoms with Crippen LogP contribution < -0.4 is 0 Å². The zero-order valence-corrected chi connectivity index (χ0v) is 9.65. The molecule has 1 N–H and O–H groups in total. The third kappa shape index (κ3) is 2.23. The number of nitrogens with zero attached hydrogens (tertiary/aromatic N) is 1. The molecule has 1 aromatic carbocycles. The van der Waals surface area contributed by atoms with Gasteiger partial charge in [0.2, 0.25) is 0 Å². The third-order valence-corrected chi connectivity index (χ3v) is 2.71. The molecule has 1 atom stereocenters. The number of aromatic nitrogens is 1. The average molecular weight is 234 g/mol. The van der Waals surface area contributed by atoms with Crippen LogP contribution in [0.4, 0.5) is 0 Å². The smallest absolute Gasteiger partial charge is 0.129 e. The Morgan fingerprint density at radius 1 is 1.12 bits per heavy atom. The van der Waals surface area contributed by atoms with Gasteiger partial charge in [-0.15, -0.1) is 0 Å². The molecule has 0 fully saturated rings. The van der Waals surface area contributed by atoms with E-state index >= 15 is 0 Å². The van der Waals surface area contributed by atoms with E-state index in [0.717, 1.165) is 16.8 Å². The second-order valence-electron chi connectivity index (χ2n) is 3.62. The predicted octanol–water partition coefficient (Wildman–Crippen LogP) is 3.13. The van der Waals surface area contributed by atoms with Gasteiger partial charge in [-0.1, -0.05) is 48.0 Å². The highest BCUT2D eigenvalue weighted by atomic mass is 35.5. The fourth-order valence-electron chi connectivity index (χ4n) is 1.65. The van der Waals surface area contributed by atoms with Crippen LogP contribution in [-0.4, -0.2) is 10.1 Å². The molecule has 0 bridgehead atoms. The lowest BCUT2D eigenvalue weighted by atomic mass is 10.0. The van der Waals surface area contributed by atoms with Crippen LogP contribution in [0.1, 0.15) is 22.9 Å². The zero-order chi connectivity index (χ0) is 11.5. The van der Waals surface area contributed by atoms with E-state index in [1.165, 1.54) is 0 Å². The molecule has 0 spiro atoms. The first-order valence-electron chi connectivity index (χ1n) is 5.04. The number of aryl methyl sites for hydroxylation is 1. The minimum Gasteiger partial charge on any atom is -0.384 e. The fraction of sp³-hybridized carbons (Fsp3) is 0.154. The minimum absolute atomic E-state index is 0.446. The van der Waals surface area contributed by atoms with Crippen molar-refractivity contribution in [3.8, 4) is 0 Å². The van der Waals surface area contributed by atoms with E-state index < -0.39 is 6.10 Å². The minimum atomic E-state index is -0.647. The standard InChI is InChI=1S/C13H12ClNO/c1-9-11(7-8-12(14)15-9)13(16)10-5-3-2-4-6-10/h2-8,13,16H,1H3. The molecule has 1 heterocycles. The predicted molar refractivity (Wildman–Crippen MR) is 64.5 cm³/mol. The van der Waals surface area contributed by atoms with Crippen LogP contribution >= 0.6 is 11.6 Å². The average Bonchev–Trinajstić information content (AvgIpc) is 2.29. The molecular weight excluding hydrogens is 222 g/mol. The van der Waals surface area contributed by atoms with Gasteiger partial charge in [-0.3, -0.25) is 0 Å². The van der Waals surface area contributed by atoms with Gasteiger partial charge in [0.25, 0.3) is 0 Å². The summed E-state index contributed by atoms with van der Waals surface area (Å²) >= 11 is 5.77. The Labute approximate surface area is 99.5 Å². The highest BCUT2D eigenvalue weighted by Gasteiger charge is 2.13. The van der Waals surface area contributed by atoms with E-state index in [4.69, 9.17) is 11.6 Å². The molecule has 0 radical (unpaired) electrons. The van der Waals surface area contributed by atoms with Gasteiger partial charge in [-0.2, -0.15) is 0 Å². The van der Waals surface area contributed by atoms with E-state index in [2.05, 4.69) is 4.98 Å². The van der Waals surface area contributed by atoms with Crippen molar-refractivity contribution in [1.29, 1.82) is 0 Å². The number of rotatable bonds is 2. The Hall–Kier alpha value is -1.38. The number of aliphatic hydroxyl groups excluding tert-OH is 1. The number of hydrogen-bond acceptors (Lipinski definition) is 2. The maximum absolute atomic E-state index is 10.2. The maximum atomic E-state index is 10.2. The number of aliphatic hydroxyl groups is 1. The van der Waals surface area contributed by atoms with Crippen molar-refractivity contribution in [2.24, 2.45) is 0 Å². The molecule has 82 valence electrons. The Bertz CT molecular complexity index is 485. The summed E-state index contributed by atoms with van der Waals surface area (Å²) in [4.78, 5) is 4.13. The highest BCUT2D eigenvalue weighted by molar-refractivity contribution is 6.29. The van der Waals surface area contributed by atoms with Gasteiger partial charge in [0.05, 0.1) is 0 Å². The monoisotopic (exact) mass is 233 g/mol. The SMILES string of the molecule is Cc1nc(Cl)ccc1C(O)c1ccccc1. The van der Waals surface area contributed by atoms with Crippen LogP contribution in [0, 0.1) is 6.92 Å². The van der Waals surface area contributed by atoms with Gasteiger partial charge in [0, 0.05) is 11.3 Å². The first-order chi connectivity index (χ1) is 7.68. The van der Waals surface area contributed by atoms with Crippen molar-refractivity contribution in [2.75, 3.05) is 0 Å². The summed E-state index contributed by atoms with van der Waals surface area (Å²) in [6.07, 6.45) is -0.647. The lowest BCUT2D eigenvalue weighted by Gasteiger charge is -2.13. The Morgan fingerprint density at radius 3 is 2.44 bits per heavy atom. The van der Waals surface area contributed by atoms with Crippen LogP contribution in [0.3, 0.4) is 0 Å². The Balaban J connectivity index is 2.38. The molecule has 0 saturated heterocycles. The molecule has 2 rings (SSSR count). The lowest BCUT2D eigenvalue weighted by molar-refractivity contribution is 0.219. The number of pyridine rings is 1. The van der Waals surface area contributed by atoms with E-state index in [-0.39, 0.29) is 0 Å². The van der Waals surface area contributed by atoms with E-state index in [1.807, 2.05) is 43.3 Å². The summed E-state index contributed by atoms with van der Waals surface area (Å²) in [6.45, 7) is 1.84. The molecule has 0 aliphatic carbocycles. The quantitative estimate of drug-likeness (QED) is 0.809. The van der Waals surface area contributed by atoms with Crippen LogP contribution in [0.15, 0.2) is 42.5 Å². The van der Waals surface area contributed by atoms with E-state index in [0.29, 0.717) is 5.15 Å². The normalized spacial score (nSPS) is 12.4. The topological polar surface area (TPSA) is 33.1 Å². The van der Waals surface area contributed by atoms with Crippen molar-refractivity contribution >= 4 is 11.6 Å². The molecule has 1 aromatic heterocycles. The van der Waals surface area contributed by atoms with E-state index in [9.17, 15) is 5.11 Å². The molecule has 2 nitrogen and oxygen atoms in total. The Kier molecular flexibility index (Phi) is 3.22. The van der Waals surface area contributed by atoms with Gasteiger partial charge in [-0.25, -0.2) is 4.98 Å². The molecule has 1 unspecified atom stereocenters. The van der Waals surface area contributed by atoms with Gasteiger partial charge in [0.15, 0.2) is 0 Å². The second-order valence-corrected chi connectivity index (χ2v) is 4.01. The van der Waals surface area contributed by atoms with Crippen molar-refractivity contribution in [3.63, 3.8) is 0 Å². The molecule has 0 aliphatic heterocycles. The van der Waals surface area contributed by atoms with Crippen LogP contribution in [0.25, 0.3) is 0 Å². The van der Waals surface area contributed by atoms with Gasteiger partial charge < -0.3 is 5.11 Å². The molecule has 0 amide bonds. The molecule has 3 heteroatoms. The highest BCUT2D eigenvalue weighted by Crippen LogP contribution is 2.24. The summed E-state index contributed by atoms with van der Waals surface area (Å²) in [5.41, 5.74) is 2.40. The second kappa shape index (κ2) is 4.64. The van der Waals surface area contributed by atoms with Gasteiger partial charge >= 0.3 is 0 Å². The van der Waals surface area contributed by atoms with Crippen LogP contribution in [0.5, 0.6) is 0 Å². The number of halogens is 1. The largest absolute Gasteiger partial charge is 0.384 e. The number of benzene rings is 1. The van der Waals surface area contributed by atoms with E-state index in [1.54, 1.807) is 6.07 Å². The molecule has 0 saturated carbocycles. The van der Waals surface area contributed by atoms with Gasteiger partial charge in [0.1, 0.15) is 11.3 Å². The third-order valence-electron chi connectivity index (χ3n) is 2.50. The Morgan fingerprint density at radius 2 is 1.81 bits per heavy atom. The van der Waals surface area contributed by atoms with Crippen LogP contribution in [-0.2, 0) is 0 Å². The fourth-order valence-corrected chi connectivity index (χ4v) is 1.83. The van der Waals surface area contributed by atoms with Crippen molar-refractivity contribution in [1.82, 2.24) is 4.98 Å². The molecule has 2 aromatic rings. The van der Waals surface area contributed by atoms with Crippen molar-refractivity contribution in [2.45, 2.75) is 13.0 Å². The summed E-state index contributed by atoms with van der Waals surface area (Å²) in [7, 11) is 0. The molecule has 16 heavy (non-hydrogen) atoms. The summed E-state index contributed by atoms with van der Waals surface area (Å²) in [6, 6.07) is 13.0. The van der Waals surface area contributed by atoms with Crippen molar-refractivity contribution < 1.29 is 5.11 Å². The number of hydrogen-bond donors (Lipinski definition) is 1. The van der Waals surface area contributed by atoms with Crippen LogP contribution in [0.2, 0.25) is 5.15 Å². The zero-order valence-electron chi connectivity index (χ0n) is 8.89. The maximum Gasteiger partial charge on any atom is 0.129 e. The lowest BCUT2D eigenvalue weighted by Crippen LogP contribution is -2.03. The summed E-state index contributed by atoms with van der Waals surface area (Å²) in [5, 5.41) is 10.6. The summed E-state index contributed by atoms with van der Waals surface area (Å²) in [5.74, 6) is 0. The van der Waals surface area contributed by atoms with Gasteiger partial charge in [-0.05, 0) is 18.6 Å².